The smallest absolute Gasteiger partial charge is 0.190 e. The predicted molar refractivity (Wildman–Crippen MR) is 76.7 cm³/mol. The van der Waals surface area contributed by atoms with Gasteiger partial charge in [0.05, 0.1) is 4.90 Å². The summed E-state index contributed by atoms with van der Waals surface area (Å²) in [6.07, 6.45) is 4.84. The molecule has 0 heterocycles. The fourth-order valence-electron chi connectivity index (χ4n) is 1.60. The first-order valence-corrected chi connectivity index (χ1v) is 6.95. The van der Waals surface area contributed by atoms with Gasteiger partial charge in [-0.25, -0.2) is 4.21 Å². The largest absolute Gasteiger partial charge is 0.265 e. The average Bonchev–Trinajstić information content (AvgIpc) is 2.46. The van der Waals surface area contributed by atoms with Gasteiger partial charge in [0.2, 0.25) is 0 Å². The summed E-state index contributed by atoms with van der Waals surface area (Å²) < 4.78 is 17.5. The monoisotopic (exact) mass is 270 g/mol. The van der Waals surface area contributed by atoms with Gasteiger partial charge in [-0.05, 0) is 24.6 Å². The van der Waals surface area contributed by atoms with E-state index in [-0.39, 0.29) is 0 Å². The van der Waals surface area contributed by atoms with Crippen molar-refractivity contribution in [1.82, 2.24) is 0 Å². The van der Waals surface area contributed by atoms with E-state index in [1.54, 1.807) is 12.1 Å². The molecule has 2 aromatic carbocycles. The van der Waals surface area contributed by atoms with Gasteiger partial charge in [0.1, 0.15) is 0 Å². The molecule has 0 saturated heterocycles. The van der Waals surface area contributed by atoms with Crippen LogP contribution in [-0.4, -0.2) is 4.21 Å². The molecule has 3 heteroatoms. The van der Waals surface area contributed by atoms with Gasteiger partial charge >= 0.3 is 0 Å². The minimum Gasteiger partial charge on any atom is -0.265 e. The van der Waals surface area contributed by atoms with Crippen molar-refractivity contribution in [2.45, 2.75) is 17.9 Å². The predicted octanol–water partition coefficient (Wildman–Crippen LogP) is 3.41. The molecular formula is C16H14O2S. The van der Waals surface area contributed by atoms with E-state index in [1.165, 1.54) is 0 Å². The number of hydrogen-bond donors (Lipinski definition) is 0. The van der Waals surface area contributed by atoms with Crippen LogP contribution in [0.4, 0.5) is 0 Å². The molecule has 0 aromatic heterocycles. The van der Waals surface area contributed by atoms with E-state index in [0.29, 0.717) is 4.90 Å². The van der Waals surface area contributed by atoms with E-state index in [9.17, 15) is 4.21 Å². The quantitative estimate of drug-likeness (QED) is 0.796. The zero-order valence-electron chi connectivity index (χ0n) is 10.6. The van der Waals surface area contributed by atoms with Gasteiger partial charge in [0, 0.05) is 0 Å². The molecule has 0 radical (unpaired) electrons. The van der Waals surface area contributed by atoms with Gasteiger partial charge in [-0.15, -0.1) is 6.42 Å². The van der Waals surface area contributed by atoms with Crippen LogP contribution in [0.3, 0.4) is 0 Å². The van der Waals surface area contributed by atoms with Crippen molar-refractivity contribution in [3.8, 4) is 12.3 Å². The Morgan fingerprint density at radius 1 is 1.11 bits per heavy atom. The number of aryl methyl sites for hydroxylation is 1. The first-order chi connectivity index (χ1) is 9.20. The first-order valence-electron chi connectivity index (χ1n) is 5.87. The molecule has 0 N–H and O–H groups in total. The van der Waals surface area contributed by atoms with Crippen molar-refractivity contribution in [3.05, 3.63) is 65.7 Å². The summed E-state index contributed by atoms with van der Waals surface area (Å²) in [6.45, 7) is 1.97. The SMILES string of the molecule is C#C[C@H](OS(=O)c1ccc(C)cc1)c1ccccc1. The lowest BCUT2D eigenvalue weighted by molar-refractivity contribution is 0.294. The Balaban J connectivity index is 2.13. The normalized spacial score (nSPS) is 13.5. The van der Waals surface area contributed by atoms with E-state index < -0.39 is 17.2 Å². The van der Waals surface area contributed by atoms with Crippen LogP contribution < -0.4 is 0 Å². The van der Waals surface area contributed by atoms with Crippen molar-refractivity contribution in [3.63, 3.8) is 0 Å². The molecule has 0 amide bonds. The lowest BCUT2D eigenvalue weighted by atomic mass is 10.1. The molecule has 0 saturated carbocycles. The minimum atomic E-state index is -1.56. The fraction of sp³-hybridized carbons (Fsp3) is 0.125. The lowest BCUT2D eigenvalue weighted by Crippen LogP contribution is -2.05. The Labute approximate surface area is 116 Å². The summed E-state index contributed by atoms with van der Waals surface area (Å²) in [5.74, 6) is 2.52. The molecule has 96 valence electrons. The van der Waals surface area contributed by atoms with Crippen molar-refractivity contribution < 1.29 is 8.39 Å². The second-order valence-electron chi connectivity index (χ2n) is 4.10. The number of benzene rings is 2. The van der Waals surface area contributed by atoms with Gasteiger partial charge in [0.25, 0.3) is 0 Å². The maximum Gasteiger partial charge on any atom is 0.190 e. The molecule has 2 nitrogen and oxygen atoms in total. The zero-order chi connectivity index (χ0) is 13.7. The zero-order valence-corrected chi connectivity index (χ0v) is 11.4. The van der Waals surface area contributed by atoms with Gasteiger partial charge in [-0.2, -0.15) is 0 Å². The van der Waals surface area contributed by atoms with Crippen LogP contribution in [0.15, 0.2) is 59.5 Å². The molecule has 0 spiro atoms. The summed E-state index contributed by atoms with van der Waals surface area (Å²) in [5, 5.41) is 0. The number of rotatable bonds is 4. The summed E-state index contributed by atoms with van der Waals surface area (Å²) >= 11 is -1.56. The highest BCUT2D eigenvalue weighted by Gasteiger charge is 2.14. The average molecular weight is 270 g/mol. The number of hydrogen-bond acceptors (Lipinski definition) is 2. The Morgan fingerprint density at radius 2 is 1.74 bits per heavy atom. The maximum absolute atomic E-state index is 12.1. The second-order valence-corrected chi connectivity index (χ2v) is 5.23. The van der Waals surface area contributed by atoms with Crippen molar-refractivity contribution in [2.75, 3.05) is 0 Å². The molecular weight excluding hydrogens is 256 g/mol. The molecule has 0 aliphatic heterocycles. The van der Waals surface area contributed by atoms with E-state index in [1.807, 2.05) is 49.4 Å². The Morgan fingerprint density at radius 3 is 2.32 bits per heavy atom. The molecule has 0 aliphatic rings. The first kappa shape index (κ1) is 13.5. The van der Waals surface area contributed by atoms with Crippen LogP contribution in [-0.2, 0) is 15.3 Å². The van der Waals surface area contributed by atoms with E-state index >= 15 is 0 Å². The van der Waals surface area contributed by atoms with Crippen molar-refractivity contribution in [1.29, 1.82) is 0 Å². The highest BCUT2D eigenvalue weighted by Crippen LogP contribution is 2.20. The van der Waals surface area contributed by atoms with Crippen LogP contribution >= 0.6 is 0 Å². The third-order valence-corrected chi connectivity index (χ3v) is 3.68. The van der Waals surface area contributed by atoms with Crippen molar-refractivity contribution >= 4 is 11.1 Å². The van der Waals surface area contributed by atoms with E-state index in [0.717, 1.165) is 11.1 Å². The summed E-state index contributed by atoms with van der Waals surface area (Å²) in [6, 6.07) is 16.7. The van der Waals surface area contributed by atoms with E-state index in [4.69, 9.17) is 10.6 Å². The Kier molecular flexibility index (Phi) is 4.51. The van der Waals surface area contributed by atoms with Crippen LogP contribution in [0.25, 0.3) is 0 Å². The molecule has 1 unspecified atom stereocenters. The van der Waals surface area contributed by atoms with Gasteiger partial charge in [-0.3, -0.25) is 4.18 Å². The molecule has 2 rings (SSSR count). The van der Waals surface area contributed by atoms with Gasteiger partial charge in [-0.1, -0.05) is 53.9 Å². The standard InChI is InChI=1S/C16H14O2S/c1-3-16(14-7-5-4-6-8-14)18-19(17)15-11-9-13(2)10-12-15/h1,4-12,16H,2H3/t16-,19?/m0/s1. The summed E-state index contributed by atoms with van der Waals surface area (Å²) in [4.78, 5) is 0.613. The van der Waals surface area contributed by atoms with Gasteiger partial charge < -0.3 is 0 Å². The van der Waals surface area contributed by atoms with Crippen LogP contribution in [0.2, 0.25) is 0 Å². The molecule has 0 aliphatic carbocycles. The third kappa shape index (κ3) is 3.54. The topological polar surface area (TPSA) is 26.3 Å². The van der Waals surface area contributed by atoms with Gasteiger partial charge in [0.15, 0.2) is 17.2 Å². The van der Waals surface area contributed by atoms with Crippen LogP contribution in [0.5, 0.6) is 0 Å². The highest BCUT2D eigenvalue weighted by molar-refractivity contribution is 7.80. The van der Waals surface area contributed by atoms with Crippen LogP contribution in [0, 0.1) is 19.3 Å². The van der Waals surface area contributed by atoms with Crippen molar-refractivity contribution in [2.24, 2.45) is 0 Å². The number of terminal acetylenes is 1. The molecule has 0 bridgehead atoms. The highest BCUT2D eigenvalue weighted by atomic mass is 32.2. The summed E-state index contributed by atoms with van der Waals surface area (Å²) in [5.41, 5.74) is 1.93. The van der Waals surface area contributed by atoms with E-state index in [2.05, 4.69) is 5.92 Å². The Bertz CT molecular complexity index is 597. The summed E-state index contributed by atoms with van der Waals surface area (Å²) in [7, 11) is 0. The lowest BCUT2D eigenvalue weighted by Gasteiger charge is -2.11. The molecule has 0 fully saturated rings. The third-order valence-electron chi connectivity index (χ3n) is 2.65. The molecule has 2 atom stereocenters. The maximum atomic E-state index is 12.1. The fourth-order valence-corrected chi connectivity index (χ4v) is 2.41. The molecule has 2 aromatic rings. The Hall–Kier alpha value is -1.89. The minimum absolute atomic E-state index is 0.608. The van der Waals surface area contributed by atoms with Crippen LogP contribution in [0.1, 0.15) is 17.2 Å². The second kappa shape index (κ2) is 6.33. The molecule has 19 heavy (non-hydrogen) atoms.